The van der Waals surface area contributed by atoms with Crippen LogP contribution in [0, 0.1) is 6.92 Å². The number of thiazole rings is 1. The third kappa shape index (κ3) is 5.36. The van der Waals surface area contributed by atoms with E-state index < -0.39 is 0 Å². The summed E-state index contributed by atoms with van der Waals surface area (Å²) in [6, 6.07) is 8.01. The average Bonchev–Trinajstić information content (AvgIpc) is 3.25. The highest BCUT2D eigenvalue weighted by Gasteiger charge is 2.20. The number of rotatable bonds is 8. The Morgan fingerprint density at radius 3 is 2.72 bits per heavy atom. The summed E-state index contributed by atoms with van der Waals surface area (Å²) in [5, 5.41) is 14.1. The van der Waals surface area contributed by atoms with Crippen molar-refractivity contribution in [3.63, 3.8) is 0 Å². The predicted octanol–water partition coefficient (Wildman–Crippen LogP) is 4.40. The molecule has 154 valence electrons. The number of thioether (sulfide) groups is 1. The van der Waals surface area contributed by atoms with Gasteiger partial charge in [-0.25, -0.2) is 4.98 Å². The summed E-state index contributed by atoms with van der Waals surface area (Å²) in [7, 11) is 1.88. The van der Waals surface area contributed by atoms with Gasteiger partial charge in [-0.1, -0.05) is 43.8 Å². The van der Waals surface area contributed by atoms with Gasteiger partial charge in [0.2, 0.25) is 5.91 Å². The van der Waals surface area contributed by atoms with Gasteiger partial charge in [-0.3, -0.25) is 4.79 Å². The minimum atomic E-state index is -0.336. The van der Waals surface area contributed by atoms with Crippen LogP contribution in [0.1, 0.15) is 43.8 Å². The van der Waals surface area contributed by atoms with Crippen molar-refractivity contribution in [1.29, 1.82) is 0 Å². The molecule has 3 rings (SSSR count). The number of amides is 1. The molecule has 0 saturated heterocycles. The number of hydrogen-bond donors (Lipinski definition) is 1. The summed E-state index contributed by atoms with van der Waals surface area (Å²) < 4.78 is 7.85. The molecule has 0 aliphatic heterocycles. The number of carbonyl (C=O) groups is 1. The zero-order valence-corrected chi connectivity index (χ0v) is 18.8. The molecular formula is C20H25N5O2S2. The number of ether oxygens (including phenoxy) is 1. The molecule has 0 radical (unpaired) electrons. The van der Waals surface area contributed by atoms with E-state index in [-0.39, 0.29) is 11.2 Å². The van der Waals surface area contributed by atoms with E-state index in [4.69, 9.17) is 4.74 Å². The minimum Gasteiger partial charge on any atom is -0.485 e. The number of nitrogens with zero attached hydrogens (tertiary/aromatic N) is 4. The number of aromatic nitrogens is 4. The summed E-state index contributed by atoms with van der Waals surface area (Å²) in [6.07, 6.45) is 0. The van der Waals surface area contributed by atoms with E-state index >= 15 is 0 Å². The number of carbonyl (C=O) groups excluding carboxylic acids is 1. The Kier molecular flexibility index (Phi) is 6.92. The summed E-state index contributed by atoms with van der Waals surface area (Å²) >= 11 is 2.77. The van der Waals surface area contributed by atoms with Gasteiger partial charge in [0.15, 0.2) is 16.1 Å². The van der Waals surface area contributed by atoms with Crippen molar-refractivity contribution in [2.45, 2.75) is 50.6 Å². The fourth-order valence-corrected chi connectivity index (χ4v) is 4.16. The summed E-state index contributed by atoms with van der Waals surface area (Å²) in [5.41, 5.74) is 2.05. The van der Waals surface area contributed by atoms with E-state index in [2.05, 4.69) is 40.4 Å². The molecule has 3 aromatic rings. The van der Waals surface area contributed by atoms with Gasteiger partial charge < -0.3 is 14.6 Å². The zero-order valence-electron chi connectivity index (χ0n) is 17.2. The van der Waals surface area contributed by atoms with Gasteiger partial charge in [0, 0.05) is 12.4 Å². The highest BCUT2D eigenvalue weighted by Crippen LogP contribution is 2.27. The number of hydrogen-bond acceptors (Lipinski definition) is 7. The second-order valence-corrected chi connectivity index (χ2v) is 9.15. The second kappa shape index (κ2) is 9.41. The van der Waals surface area contributed by atoms with Gasteiger partial charge in [-0.2, -0.15) is 0 Å². The smallest absolute Gasteiger partial charge is 0.239 e. The van der Waals surface area contributed by atoms with Crippen molar-refractivity contribution in [2.75, 3.05) is 5.32 Å². The molecular weight excluding hydrogens is 406 g/mol. The van der Waals surface area contributed by atoms with Gasteiger partial charge >= 0.3 is 0 Å². The first-order valence-corrected chi connectivity index (χ1v) is 11.1. The summed E-state index contributed by atoms with van der Waals surface area (Å²) in [4.78, 5) is 16.7. The standard InChI is InChI=1S/C20H25N5O2S2/c1-12(2)15-8-6-7-9-16(15)27-10-17-23-24-20(25(17)5)29-14(4)18(26)22-19-21-13(3)11-28-19/h6-9,11-12,14H,10H2,1-5H3,(H,21,22,26). The number of nitrogens with one attached hydrogen (secondary N) is 1. The first-order valence-electron chi connectivity index (χ1n) is 9.34. The van der Waals surface area contributed by atoms with E-state index in [1.165, 1.54) is 23.1 Å². The van der Waals surface area contributed by atoms with Crippen LogP contribution in [0.3, 0.4) is 0 Å². The molecule has 0 aliphatic carbocycles. The average molecular weight is 432 g/mol. The number of para-hydroxylation sites is 1. The van der Waals surface area contributed by atoms with Crippen molar-refractivity contribution in [3.05, 3.63) is 46.7 Å². The molecule has 1 N–H and O–H groups in total. The Hall–Kier alpha value is -2.39. The highest BCUT2D eigenvalue weighted by molar-refractivity contribution is 8.00. The molecule has 0 fully saturated rings. The second-order valence-electron chi connectivity index (χ2n) is 6.98. The maximum absolute atomic E-state index is 12.4. The van der Waals surface area contributed by atoms with E-state index in [1.54, 1.807) is 0 Å². The van der Waals surface area contributed by atoms with Crippen LogP contribution in [0.25, 0.3) is 0 Å². The van der Waals surface area contributed by atoms with Gasteiger partial charge in [0.1, 0.15) is 12.4 Å². The minimum absolute atomic E-state index is 0.115. The summed E-state index contributed by atoms with van der Waals surface area (Å²) in [6.45, 7) is 8.32. The van der Waals surface area contributed by atoms with Gasteiger partial charge in [0.25, 0.3) is 0 Å². The number of anilines is 1. The Morgan fingerprint density at radius 1 is 1.28 bits per heavy atom. The Bertz CT molecular complexity index is 983. The van der Waals surface area contributed by atoms with Crippen molar-refractivity contribution in [2.24, 2.45) is 7.05 Å². The predicted molar refractivity (Wildman–Crippen MR) is 117 cm³/mol. The van der Waals surface area contributed by atoms with E-state index in [9.17, 15) is 4.79 Å². The Balaban J connectivity index is 1.61. The lowest BCUT2D eigenvalue weighted by atomic mass is 10.0. The van der Waals surface area contributed by atoms with E-state index in [1.807, 2.05) is 49.0 Å². The first kappa shape index (κ1) is 21.3. The van der Waals surface area contributed by atoms with Crippen molar-refractivity contribution < 1.29 is 9.53 Å². The van der Waals surface area contributed by atoms with Crippen LogP contribution < -0.4 is 10.1 Å². The molecule has 2 aromatic heterocycles. The van der Waals surface area contributed by atoms with Gasteiger partial charge in [-0.15, -0.1) is 21.5 Å². The third-order valence-electron chi connectivity index (χ3n) is 4.32. The molecule has 1 amide bonds. The Morgan fingerprint density at radius 2 is 2.03 bits per heavy atom. The zero-order chi connectivity index (χ0) is 21.0. The largest absolute Gasteiger partial charge is 0.485 e. The molecule has 0 spiro atoms. The first-order chi connectivity index (χ1) is 13.8. The monoisotopic (exact) mass is 431 g/mol. The van der Waals surface area contributed by atoms with E-state index in [0.717, 1.165) is 17.0 Å². The van der Waals surface area contributed by atoms with Crippen LogP contribution >= 0.6 is 23.1 Å². The SMILES string of the molecule is Cc1csc(NC(=O)C(C)Sc2nnc(COc3ccccc3C(C)C)n2C)n1. The van der Waals surface area contributed by atoms with E-state index in [0.29, 0.717) is 28.6 Å². The fourth-order valence-electron chi connectivity index (χ4n) is 2.63. The molecule has 9 heteroatoms. The van der Waals surface area contributed by atoms with Crippen molar-refractivity contribution in [3.8, 4) is 5.75 Å². The highest BCUT2D eigenvalue weighted by atomic mass is 32.2. The fraction of sp³-hybridized carbons (Fsp3) is 0.400. The maximum Gasteiger partial charge on any atom is 0.239 e. The van der Waals surface area contributed by atoms with Gasteiger partial charge in [0.05, 0.1) is 10.9 Å². The normalized spacial score (nSPS) is 12.2. The summed E-state index contributed by atoms with van der Waals surface area (Å²) in [5.74, 6) is 1.81. The third-order valence-corrected chi connectivity index (χ3v) is 6.33. The molecule has 1 unspecified atom stereocenters. The molecule has 0 bridgehead atoms. The maximum atomic E-state index is 12.4. The molecule has 0 aliphatic rings. The van der Waals surface area contributed by atoms with Crippen LogP contribution in [-0.2, 0) is 18.4 Å². The quantitative estimate of drug-likeness (QED) is 0.532. The molecule has 2 heterocycles. The number of benzene rings is 1. The lowest BCUT2D eigenvalue weighted by Crippen LogP contribution is -2.22. The lowest BCUT2D eigenvalue weighted by molar-refractivity contribution is -0.115. The molecule has 1 atom stereocenters. The van der Waals surface area contributed by atoms with Crippen LogP contribution in [0.2, 0.25) is 0 Å². The van der Waals surface area contributed by atoms with Crippen LogP contribution in [0.15, 0.2) is 34.8 Å². The topological polar surface area (TPSA) is 81.9 Å². The van der Waals surface area contributed by atoms with Crippen LogP contribution in [0.4, 0.5) is 5.13 Å². The van der Waals surface area contributed by atoms with Crippen molar-refractivity contribution >= 4 is 34.1 Å². The molecule has 0 saturated carbocycles. The molecule has 7 nitrogen and oxygen atoms in total. The Labute approximate surface area is 178 Å². The molecule has 29 heavy (non-hydrogen) atoms. The molecule has 1 aromatic carbocycles. The van der Waals surface area contributed by atoms with Crippen LogP contribution in [-0.4, -0.2) is 30.9 Å². The number of aryl methyl sites for hydroxylation is 1. The van der Waals surface area contributed by atoms with Crippen molar-refractivity contribution in [1.82, 2.24) is 19.7 Å². The van der Waals surface area contributed by atoms with Crippen LogP contribution in [0.5, 0.6) is 5.75 Å². The van der Waals surface area contributed by atoms with Gasteiger partial charge in [-0.05, 0) is 31.4 Å². The lowest BCUT2D eigenvalue weighted by Gasteiger charge is -2.14.